The summed E-state index contributed by atoms with van der Waals surface area (Å²) in [6.07, 6.45) is 2.73. The molecule has 70 valence electrons. The second kappa shape index (κ2) is 2.24. The molecule has 12 heavy (non-hydrogen) atoms. The van der Waals surface area contributed by atoms with E-state index in [9.17, 15) is 5.11 Å². The van der Waals surface area contributed by atoms with Crippen LogP contribution in [0.1, 0.15) is 40.0 Å². The van der Waals surface area contributed by atoms with Crippen molar-refractivity contribution in [3.05, 3.63) is 0 Å². The summed E-state index contributed by atoms with van der Waals surface area (Å²) in [4.78, 5) is 0. The number of aliphatic hydroxyl groups is 1. The molecule has 0 aromatic carbocycles. The third-order valence-corrected chi connectivity index (χ3v) is 3.65. The molecule has 0 saturated carbocycles. The van der Waals surface area contributed by atoms with Gasteiger partial charge < -0.3 is 9.84 Å². The number of ether oxygens (including phenoxy) is 1. The van der Waals surface area contributed by atoms with Crippen LogP contribution < -0.4 is 0 Å². The Morgan fingerprint density at radius 1 is 1.42 bits per heavy atom. The average molecular weight is 170 g/mol. The van der Waals surface area contributed by atoms with Crippen LogP contribution in [-0.4, -0.2) is 22.4 Å². The highest BCUT2D eigenvalue weighted by atomic mass is 16.6. The molecule has 2 aliphatic heterocycles. The largest absolute Gasteiger partial charge is 0.390 e. The van der Waals surface area contributed by atoms with Crippen molar-refractivity contribution in [2.24, 2.45) is 5.92 Å². The number of aliphatic hydroxyl groups excluding tert-OH is 1. The SMILES string of the molecule is CC(C)C12CCC(C)(CC1O)O2. The lowest BCUT2D eigenvalue weighted by Crippen LogP contribution is -2.43. The number of fused-ring (bicyclic) bond motifs is 2. The molecule has 1 N–H and O–H groups in total. The van der Waals surface area contributed by atoms with E-state index in [-0.39, 0.29) is 17.3 Å². The van der Waals surface area contributed by atoms with E-state index in [0.717, 1.165) is 19.3 Å². The second-order valence-corrected chi connectivity index (χ2v) is 4.88. The van der Waals surface area contributed by atoms with Gasteiger partial charge in [-0.3, -0.25) is 0 Å². The van der Waals surface area contributed by atoms with Crippen LogP contribution in [0.25, 0.3) is 0 Å². The molecule has 2 rings (SSSR count). The highest BCUT2D eigenvalue weighted by Crippen LogP contribution is 2.53. The standard InChI is InChI=1S/C10H18O2/c1-7(2)10-5-4-9(3,12-10)6-8(10)11/h7-8,11H,4-6H2,1-3H3. The maximum absolute atomic E-state index is 9.88. The van der Waals surface area contributed by atoms with Crippen LogP contribution in [0.5, 0.6) is 0 Å². The summed E-state index contributed by atoms with van der Waals surface area (Å²) in [6, 6.07) is 0. The Morgan fingerprint density at radius 3 is 2.33 bits per heavy atom. The summed E-state index contributed by atoms with van der Waals surface area (Å²) < 4.78 is 5.97. The van der Waals surface area contributed by atoms with E-state index in [2.05, 4.69) is 20.8 Å². The average Bonchev–Trinajstić information content (AvgIpc) is 2.39. The molecule has 2 aliphatic rings. The fraction of sp³-hybridized carbons (Fsp3) is 1.00. The van der Waals surface area contributed by atoms with Gasteiger partial charge in [-0.25, -0.2) is 0 Å². The van der Waals surface area contributed by atoms with Gasteiger partial charge in [-0.15, -0.1) is 0 Å². The van der Waals surface area contributed by atoms with Crippen LogP contribution >= 0.6 is 0 Å². The zero-order valence-corrected chi connectivity index (χ0v) is 8.13. The lowest BCUT2D eigenvalue weighted by molar-refractivity contribution is -0.0973. The quantitative estimate of drug-likeness (QED) is 0.649. The zero-order valence-electron chi connectivity index (χ0n) is 8.13. The van der Waals surface area contributed by atoms with Gasteiger partial charge in [0.15, 0.2) is 0 Å². The molecule has 2 saturated heterocycles. The van der Waals surface area contributed by atoms with Crippen LogP contribution in [0.3, 0.4) is 0 Å². The van der Waals surface area contributed by atoms with Gasteiger partial charge in [0.2, 0.25) is 0 Å². The lowest BCUT2D eigenvalue weighted by Gasteiger charge is -2.33. The van der Waals surface area contributed by atoms with E-state index in [1.807, 2.05) is 0 Å². The maximum atomic E-state index is 9.88. The molecular weight excluding hydrogens is 152 g/mol. The van der Waals surface area contributed by atoms with Crippen molar-refractivity contribution in [3.63, 3.8) is 0 Å². The Bertz CT molecular complexity index is 202. The minimum Gasteiger partial charge on any atom is -0.390 e. The van der Waals surface area contributed by atoms with E-state index in [0.29, 0.717) is 5.92 Å². The summed E-state index contributed by atoms with van der Waals surface area (Å²) in [5.74, 6) is 0.428. The van der Waals surface area contributed by atoms with Crippen LogP contribution in [0, 0.1) is 5.92 Å². The molecule has 3 atom stereocenters. The van der Waals surface area contributed by atoms with Crippen LogP contribution in [0.2, 0.25) is 0 Å². The van der Waals surface area contributed by atoms with Gasteiger partial charge in [0.25, 0.3) is 0 Å². The Hall–Kier alpha value is -0.0800. The summed E-state index contributed by atoms with van der Waals surface area (Å²) >= 11 is 0. The third-order valence-electron chi connectivity index (χ3n) is 3.65. The van der Waals surface area contributed by atoms with E-state index >= 15 is 0 Å². The molecule has 0 spiro atoms. The summed E-state index contributed by atoms with van der Waals surface area (Å²) in [5, 5.41) is 9.88. The number of rotatable bonds is 1. The van der Waals surface area contributed by atoms with Gasteiger partial charge >= 0.3 is 0 Å². The van der Waals surface area contributed by atoms with Crippen molar-refractivity contribution in [3.8, 4) is 0 Å². The summed E-state index contributed by atoms with van der Waals surface area (Å²) in [7, 11) is 0. The molecular formula is C10H18O2. The third kappa shape index (κ3) is 0.882. The first kappa shape index (κ1) is 8.52. The normalized spacial score (nSPS) is 52.2. The summed E-state index contributed by atoms with van der Waals surface area (Å²) in [6.45, 7) is 6.40. The highest BCUT2D eigenvalue weighted by Gasteiger charge is 2.60. The Morgan fingerprint density at radius 2 is 2.08 bits per heavy atom. The topological polar surface area (TPSA) is 29.5 Å². The predicted octanol–water partition coefficient (Wildman–Crippen LogP) is 1.71. The van der Waals surface area contributed by atoms with Crippen molar-refractivity contribution in [1.29, 1.82) is 0 Å². The Labute approximate surface area is 73.9 Å². The predicted molar refractivity (Wildman–Crippen MR) is 46.9 cm³/mol. The van der Waals surface area contributed by atoms with Crippen molar-refractivity contribution in [2.75, 3.05) is 0 Å². The van der Waals surface area contributed by atoms with Crippen molar-refractivity contribution < 1.29 is 9.84 Å². The molecule has 0 aromatic rings. The molecule has 2 heterocycles. The van der Waals surface area contributed by atoms with Gasteiger partial charge in [0.1, 0.15) is 0 Å². The van der Waals surface area contributed by atoms with Crippen molar-refractivity contribution >= 4 is 0 Å². The minimum atomic E-state index is -0.240. The van der Waals surface area contributed by atoms with Gasteiger partial charge in [-0.1, -0.05) is 13.8 Å². The molecule has 0 aliphatic carbocycles. The highest BCUT2D eigenvalue weighted by molar-refractivity contribution is 5.09. The number of hydrogen-bond donors (Lipinski definition) is 1. The van der Waals surface area contributed by atoms with Crippen molar-refractivity contribution in [1.82, 2.24) is 0 Å². The second-order valence-electron chi connectivity index (χ2n) is 4.88. The molecule has 2 heteroatoms. The van der Waals surface area contributed by atoms with Gasteiger partial charge in [-0.05, 0) is 25.7 Å². The zero-order chi connectivity index (χ0) is 8.98. The first-order valence-corrected chi connectivity index (χ1v) is 4.87. The molecule has 2 bridgehead atoms. The summed E-state index contributed by atoms with van der Waals surface area (Å²) in [5.41, 5.74) is -0.238. The molecule has 0 amide bonds. The van der Waals surface area contributed by atoms with Crippen molar-refractivity contribution in [2.45, 2.75) is 57.3 Å². The molecule has 0 radical (unpaired) electrons. The smallest absolute Gasteiger partial charge is 0.0972 e. The Kier molecular flexibility index (Phi) is 1.59. The van der Waals surface area contributed by atoms with Gasteiger partial charge in [-0.2, -0.15) is 0 Å². The fourth-order valence-corrected chi connectivity index (χ4v) is 2.77. The van der Waals surface area contributed by atoms with E-state index < -0.39 is 0 Å². The van der Waals surface area contributed by atoms with Crippen LogP contribution in [-0.2, 0) is 4.74 Å². The Balaban J connectivity index is 2.28. The first-order chi connectivity index (χ1) is 5.49. The molecule has 2 fully saturated rings. The molecule has 2 nitrogen and oxygen atoms in total. The van der Waals surface area contributed by atoms with E-state index in [4.69, 9.17) is 4.74 Å². The van der Waals surface area contributed by atoms with Gasteiger partial charge in [0.05, 0.1) is 17.3 Å². The van der Waals surface area contributed by atoms with Crippen LogP contribution in [0.15, 0.2) is 0 Å². The van der Waals surface area contributed by atoms with E-state index in [1.165, 1.54) is 0 Å². The first-order valence-electron chi connectivity index (χ1n) is 4.87. The minimum absolute atomic E-state index is 0.0241. The molecule has 0 aromatic heterocycles. The number of hydrogen-bond acceptors (Lipinski definition) is 2. The molecule has 3 unspecified atom stereocenters. The monoisotopic (exact) mass is 170 g/mol. The van der Waals surface area contributed by atoms with Crippen LogP contribution in [0.4, 0.5) is 0 Å². The fourth-order valence-electron chi connectivity index (χ4n) is 2.77. The van der Waals surface area contributed by atoms with Gasteiger partial charge in [0, 0.05) is 6.42 Å². The van der Waals surface area contributed by atoms with E-state index in [1.54, 1.807) is 0 Å². The lowest BCUT2D eigenvalue weighted by atomic mass is 9.75. The maximum Gasteiger partial charge on any atom is 0.0972 e.